The normalized spacial score (nSPS) is 12.1. The highest BCUT2D eigenvalue weighted by Gasteiger charge is 2.04. The summed E-state index contributed by atoms with van der Waals surface area (Å²) in [4.78, 5) is 14.8. The quantitative estimate of drug-likeness (QED) is 0.374. The number of carbonyl (C=O) groups excluding carboxylic acids is 1. The summed E-state index contributed by atoms with van der Waals surface area (Å²) in [6.45, 7) is 4.30. The zero-order chi connectivity index (χ0) is 9.40. The van der Waals surface area contributed by atoms with Gasteiger partial charge in [0.05, 0.1) is 0 Å². The van der Waals surface area contributed by atoms with Crippen LogP contribution in [0.4, 0.5) is 0 Å². The highest BCUT2D eigenvalue weighted by Crippen LogP contribution is 1.86. The molecule has 0 heterocycles. The van der Waals surface area contributed by atoms with E-state index in [9.17, 15) is 4.79 Å². The third-order valence-electron chi connectivity index (χ3n) is 1.17. The van der Waals surface area contributed by atoms with E-state index >= 15 is 0 Å². The maximum Gasteiger partial charge on any atom is 0.292 e. The monoisotopic (exact) mass is 170 g/mol. The van der Waals surface area contributed by atoms with Crippen molar-refractivity contribution in [3.8, 4) is 0 Å². The number of hydrogen-bond donors (Lipinski definition) is 2. The first kappa shape index (κ1) is 10.8. The Morgan fingerprint density at radius 1 is 1.58 bits per heavy atom. The van der Waals surface area contributed by atoms with Gasteiger partial charge in [-0.15, -0.1) is 0 Å². The van der Waals surface area contributed by atoms with Gasteiger partial charge in [-0.1, -0.05) is 13.0 Å². The summed E-state index contributed by atoms with van der Waals surface area (Å²) in [5.74, 6) is -0.568. The number of nitrogens with zero attached hydrogens (tertiary/aromatic N) is 1. The Hall–Kier alpha value is -1.16. The van der Waals surface area contributed by atoms with Crippen molar-refractivity contribution in [3.05, 3.63) is 12.2 Å². The first-order valence-electron chi connectivity index (χ1n) is 3.91. The Morgan fingerprint density at radius 3 is 2.67 bits per heavy atom. The van der Waals surface area contributed by atoms with Crippen molar-refractivity contribution in [1.82, 2.24) is 5.48 Å². The molecule has 0 aromatic rings. The third kappa shape index (κ3) is 3.88. The van der Waals surface area contributed by atoms with E-state index in [1.807, 2.05) is 19.9 Å². The van der Waals surface area contributed by atoms with Crippen LogP contribution in [0.5, 0.6) is 0 Å². The first-order valence-corrected chi connectivity index (χ1v) is 3.91. The second-order valence-electron chi connectivity index (χ2n) is 2.11. The van der Waals surface area contributed by atoms with Gasteiger partial charge in [0, 0.05) is 6.54 Å². The van der Waals surface area contributed by atoms with Crippen LogP contribution >= 0.6 is 0 Å². The molecule has 2 N–H and O–H groups in total. The number of rotatable bonds is 4. The first-order chi connectivity index (χ1) is 5.76. The summed E-state index contributed by atoms with van der Waals surface area (Å²) in [5.41, 5.74) is 1.79. The molecule has 0 fully saturated rings. The Kier molecular flexibility index (Phi) is 5.91. The molecular weight excluding hydrogens is 156 g/mol. The summed E-state index contributed by atoms with van der Waals surface area (Å²) in [6.07, 6.45) is 4.24. The molecule has 0 saturated heterocycles. The molecule has 0 radical (unpaired) electrons. The molecule has 68 valence electrons. The van der Waals surface area contributed by atoms with Gasteiger partial charge in [-0.05, 0) is 19.4 Å². The van der Waals surface area contributed by atoms with E-state index in [-0.39, 0.29) is 5.71 Å². The van der Waals surface area contributed by atoms with Gasteiger partial charge in [-0.3, -0.25) is 15.0 Å². The van der Waals surface area contributed by atoms with Gasteiger partial charge in [0.15, 0.2) is 0 Å². The van der Waals surface area contributed by atoms with E-state index in [4.69, 9.17) is 5.21 Å². The molecule has 0 unspecified atom stereocenters. The third-order valence-corrected chi connectivity index (χ3v) is 1.17. The molecule has 1 amide bonds. The number of carbonyl (C=O) groups is 1. The lowest BCUT2D eigenvalue weighted by molar-refractivity contribution is -0.122. The number of amides is 1. The Balaban J connectivity index is 4.34. The fraction of sp³-hybridized carbons (Fsp3) is 0.500. The summed E-state index contributed by atoms with van der Waals surface area (Å²) in [5, 5.41) is 8.32. The van der Waals surface area contributed by atoms with Crippen LogP contribution in [-0.4, -0.2) is 23.4 Å². The van der Waals surface area contributed by atoms with Gasteiger partial charge < -0.3 is 0 Å². The molecule has 12 heavy (non-hydrogen) atoms. The van der Waals surface area contributed by atoms with Crippen LogP contribution in [0.15, 0.2) is 17.1 Å². The summed E-state index contributed by atoms with van der Waals surface area (Å²) < 4.78 is 0. The van der Waals surface area contributed by atoms with Crippen molar-refractivity contribution in [1.29, 1.82) is 0 Å². The second kappa shape index (κ2) is 6.54. The number of hydroxylamine groups is 1. The number of aliphatic imine (C=N–C) groups is 1. The highest BCUT2D eigenvalue weighted by atomic mass is 16.5. The number of nitrogens with one attached hydrogen (secondary N) is 1. The van der Waals surface area contributed by atoms with E-state index in [0.717, 1.165) is 6.42 Å². The topological polar surface area (TPSA) is 61.7 Å². The predicted molar refractivity (Wildman–Crippen MR) is 47.3 cm³/mol. The van der Waals surface area contributed by atoms with E-state index in [1.165, 1.54) is 5.48 Å². The maximum atomic E-state index is 10.9. The summed E-state index contributed by atoms with van der Waals surface area (Å²) in [7, 11) is 0. The van der Waals surface area contributed by atoms with Gasteiger partial charge >= 0.3 is 0 Å². The molecule has 0 bridgehead atoms. The van der Waals surface area contributed by atoms with Crippen LogP contribution < -0.4 is 5.48 Å². The van der Waals surface area contributed by atoms with Crippen LogP contribution in [-0.2, 0) is 4.79 Å². The minimum atomic E-state index is -0.568. The lowest BCUT2D eigenvalue weighted by Crippen LogP contribution is -2.26. The van der Waals surface area contributed by atoms with E-state index in [2.05, 4.69) is 4.99 Å². The van der Waals surface area contributed by atoms with E-state index in [1.54, 1.807) is 6.08 Å². The molecule has 0 aliphatic rings. The van der Waals surface area contributed by atoms with Crippen molar-refractivity contribution in [2.24, 2.45) is 4.99 Å². The largest absolute Gasteiger partial charge is 0.292 e. The second-order valence-corrected chi connectivity index (χ2v) is 2.11. The van der Waals surface area contributed by atoms with Gasteiger partial charge in [-0.2, -0.15) is 0 Å². The van der Waals surface area contributed by atoms with E-state index < -0.39 is 5.91 Å². The predicted octanol–water partition coefficient (Wildman–Crippen LogP) is 0.919. The van der Waals surface area contributed by atoms with Crippen LogP contribution in [0.3, 0.4) is 0 Å². The molecule has 0 aromatic heterocycles. The molecule has 0 spiro atoms. The zero-order valence-corrected chi connectivity index (χ0v) is 7.37. The van der Waals surface area contributed by atoms with Crippen LogP contribution in [0.1, 0.15) is 20.3 Å². The zero-order valence-electron chi connectivity index (χ0n) is 7.37. The molecule has 0 aliphatic heterocycles. The molecule has 4 nitrogen and oxygen atoms in total. The Bertz CT molecular complexity index is 197. The van der Waals surface area contributed by atoms with E-state index in [0.29, 0.717) is 6.54 Å². The minimum Gasteiger partial charge on any atom is -0.288 e. The number of allylic oxidation sites excluding steroid dienone is 1. The van der Waals surface area contributed by atoms with Crippen molar-refractivity contribution < 1.29 is 10.0 Å². The Morgan fingerprint density at radius 2 is 2.25 bits per heavy atom. The average molecular weight is 170 g/mol. The van der Waals surface area contributed by atoms with Gasteiger partial charge in [0.2, 0.25) is 0 Å². The van der Waals surface area contributed by atoms with Gasteiger partial charge in [0.25, 0.3) is 5.91 Å². The van der Waals surface area contributed by atoms with Crippen molar-refractivity contribution in [2.45, 2.75) is 20.3 Å². The molecule has 0 aromatic carbocycles. The Labute approximate surface area is 72.0 Å². The molecule has 0 rings (SSSR count). The fourth-order valence-corrected chi connectivity index (χ4v) is 0.657. The summed E-state index contributed by atoms with van der Waals surface area (Å²) in [6, 6.07) is 0. The van der Waals surface area contributed by atoms with Crippen LogP contribution in [0.2, 0.25) is 0 Å². The lowest BCUT2D eigenvalue weighted by Gasteiger charge is -1.96. The highest BCUT2D eigenvalue weighted by molar-refractivity contribution is 6.43. The van der Waals surface area contributed by atoms with Crippen molar-refractivity contribution in [2.75, 3.05) is 6.54 Å². The smallest absolute Gasteiger partial charge is 0.288 e. The van der Waals surface area contributed by atoms with Gasteiger partial charge in [-0.25, -0.2) is 5.48 Å². The van der Waals surface area contributed by atoms with Crippen molar-refractivity contribution in [3.63, 3.8) is 0 Å². The van der Waals surface area contributed by atoms with Gasteiger partial charge in [0.1, 0.15) is 5.71 Å². The lowest BCUT2D eigenvalue weighted by atomic mass is 10.3. The molecule has 0 saturated carbocycles. The standard InChI is InChI=1S/C8H14N2O2/c1-3-5-6-7(9-4-2)8(11)10-12/h5-6,12H,3-4H2,1-2H3,(H,10,11)/b6-5-,9-7?. The average Bonchev–Trinajstić information content (AvgIpc) is 2.11. The molecule has 0 atom stereocenters. The van der Waals surface area contributed by atoms with Crippen LogP contribution in [0, 0.1) is 0 Å². The summed E-state index contributed by atoms with van der Waals surface area (Å²) >= 11 is 0. The SMILES string of the molecule is CC/C=C\C(=NCC)C(=O)NO. The maximum absolute atomic E-state index is 10.9. The minimum absolute atomic E-state index is 0.252. The molecular formula is C8H14N2O2. The van der Waals surface area contributed by atoms with Crippen LogP contribution in [0.25, 0.3) is 0 Å². The molecule has 4 heteroatoms. The molecule has 0 aliphatic carbocycles. The number of hydrogen-bond acceptors (Lipinski definition) is 3. The van der Waals surface area contributed by atoms with Crippen molar-refractivity contribution >= 4 is 11.6 Å². The fourth-order valence-electron chi connectivity index (χ4n) is 0.657.